The molecule has 0 aliphatic carbocycles. The molecule has 1 aromatic heterocycles. The third kappa shape index (κ3) is 3.05. The number of nitrogens with zero attached hydrogens (tertiary/aromatic N) is 2. The number of ether oxygens (including phenoxy) is 1. The van der Waals surface area contributed by atoms with E-state index < -0.39 is 0 Å². The van der Waals surface area contributed by atoms with Crippen LogP contribution in [0.5, 0.6) is 5.75 Å². The normalized spacial score (nSPS) is 10.6. The van der Waals surface area contributed by atoms with Gasteiger partial charge in [-0.1, -0.05) is 30.3 Å². The molecule has 0 fully saturated rings. The van der Waals surface area contributed by atoms with Crippen molar-refractivity contribution in [3.05, 3.63) is 90.1 Å². The molecule has 0 N–H and O–H groups in total. The lowest BCUT2D eigenvalue weighted by Gasteiger charge is -2.08. The second kappa shape index (κ2) is 6.78. The van der Waals surface area contributed by atoms with Gasteiger partial charge in [0.1, 0.15) is 5.75 Å². The highest BCUT2D eigenvalue weighted by atomic mass is 16.5. The van der Waals surface area contributed by atoms with Crippen LogP contribution in [-0.4, -0.2) is 11.7 Å². The topological polar surface area (TPSA) is 38.0 Å². The molecule has 0 saturated carbocycles. The minimum atomic E-state index is 0.681. The first-order chi connectivity index (χ1) is 12.8. The van der Waals surface area contributed by atoms with Gasteiger partial charge in [0.15, 0.2) is 0 Å². The minimum Gasteiger partial charge on any atom is -0.497 e. The number of rotatable bonds is 4. The molecule has 126 valence electrons. The Hall–Kier alpha value is -3.51. The summed E-state index contributed by atoms with van der Waals surface area (Å²) in [5, 5.41) is 10.1. The molecule has 0 aliphatic heterocycles. The summed E-state index contributed by atoms with van der Waals surface area (Å²) in [7, 11) is 1.68. The van der Waals surface area contributed by atoms with E-state index in [-0.39, 0.29) is 0 Å². The van der Waals surface area contributed by atoms with Gasteiger partial charge in [-0.25, -0.2) is 0 Å². The van der Waals surface area contributed by atoms with Crippen molar-refractivity contribution in [1.29, 1.82) is 5.26 Å². The van der Waals surface area contributed by atoms with E-state index in [9.17, 15) is 0 Å². The van der Waals surface area contributed by atoms with Gasteiger partial charge in [0.05, 0.1) is 18.7 Å². The molecule has 4 aromatic rings. The van der Waals surface area contributed by atoms with Crippen LogP contribution in [0.25, 0.3) is 22.0 Å². The average molecular weight is 338 g/mol. The van der Waals surface area contributed by atoms with E-state index in [1.54, 1.807) is 7.11 Å². The fourth-order valence-corrected chi connectivity index (χ4v) is 3.18. The lowest BCUT2D eigenvalue weighted by Crippen LogP contribution is -1.97. The van der Waals surface area contributed by atoms with Gasteiger partial charge in [0.25, 0.3) is 0 Å². The Morgan fingerprint density at radius 1 is 0.885 bits per heavy atom. The lowest BCUT2D eigenvalue weighted by molar-refractivity contribution is 0.414. The van der Waals surface area contributed by atoms with Crippen molar-refractivity contribution in [2.45, 2.75) is 6.54 Å². The number of hydrogen-bond acceptors (Lipinski definition) is 2. The van der Waals surface area contributed by atoms with Gasteiger partial charge in [-0.3, -0.25) is 0 Å². The standard InChI is InChI=1S/C23H18N2O/c1-26-22-9-4-18(5-10-22)16-25-13-12-21-14-20(8-11-23(21)25)19-6-2-17(15-24)3-7-19/h2-14H,16H2,1H3. The van der Waals surface area contributed by atoms with Crippen LogP contribution in [-0.2, 0) is 6.54 Å². The minimum absolute atomic E-state index is 0.681. The monoisotopic (exact) mass is 338 g/mol. The van der Waals surface area contributed by atoms with Gasteiger partial charge in [-0.05, 0) is 59.2 Å². The second-order valence-corrected chi connectivity index (χ2v) is 6.25. The Morgan fingerprint density at radius 3 is 2.31 bits per heavy atom. The van der Waals surface area contributed by atoms with E-state index in [4.69, 9.17) is 10.00 Å². The Morgan fingerprint density at radius 2 is 1.62 bits per heavy atom. The van der Waals surface area contributed by atoms with Crippen LogP contribution in [0.1, 0.15) is 11.1 Å². The van der Waals surface area contributed by atoms with Gasteiger partial charge in [-0.2, -0.15) is 5.26 Å². The molecule has 0 unspecified atom stereocenters. The summed E-state index contributed by atoms with van der Waals surface area (Å²) < 4.78 is 7.47. The molecular weight excluding hydrogens is 320 g/mol. The SMILES string of the molecule is COc1ccc(Cn2ccc3cc(-c4ccc(C#N)cc4)ccc32)cc1. The van der Waals surface area contributed by atoms with Crippen molar-refractivity contribution in [2.75, 3.05) is 7.11 Å². The summed E-state index contributed by atoms with van der Waals surface area (Å²) in [5.41, 5.74) is 5.40. The van der Waals surface area contributed by atoms with Crippen molar-refractivity contribution < 1.29 is 4.74 Å². The van der Waals surface area contributed by atoms with Crippen LogP contribution in [0.4, 0.5) is 0 Å². The van der Waals surface area contributed by atoms with Gasteiger partial charge >= 0.3 is 0 Å². The van der Waals surface area contributed by atoms with Crippen LogP contribution in [0.3, 0.4) is 0 Å². The maximum Gasteiger partial charge on any atom is 0.118 e. The molecule has 3 heteroatoms. The predicted octanol–water partition coefficient (Wildman–Crippen LogP) is 5.24. The van der Waals surface area contributed by atoms with E-state index in [2.05, 4.69) is 53.2 Å². The van der Waals surface area contributed by atoms with Crippen molar-refractivity contribution in [3.63, 3.8) is 0 Å². The fraction of sp³-hybridized carbons (Fsp3) is 0.0870. The molecule has 0 amide bonds. The molecule has 0 spiro atoms. The zero-order valence-electron chi connectivity index (χ0n) is 14.5. The zero-order chi connectivity index (χ0) is 17.9. The Labute approximate surface area is 152 Å². The summed E-state index contributed by atoms with van der Waals surface area (Å²) in [4.78, 5) is 0. The molecule has 0 bridgehead atoms. The third-order valence-electron chi connectivity index (χ3n) is 4.63. The molecule has 0 saturated heterocycles. The zero-order valence-corrected chi connectivity index (χ0v) is 14.5. The second-order valence-electron chi connectivity index (χ2n) is 6.25. The molecular formula is C23H18N2O. The quantitative estimate of drug-likeness (QED) is 0.510. The van der Waals surface area contributed by atoms with E-state index in [0.717, 1.165) is 23.4 Å². The Kier molecular flexibility index (Phi) is 4.17. The van der Waals surface area contributed by atoms with Gasteiger partial charge in [-0.15, -0.1) is 0 Å². The lowest BCUT2D eigenvalue weighted by atomic mass is 10.0. The number of nitriles is 1. The van der Waals surface area contributed by atoms with Crippen molar-refractivity contribution in [1.82, 2.24) is 4.57 Å². The highest BCUT2D eigenvalue weighted by Crippen LogP contribution is 2.26. The van der Waals surface area contributed by atoms with Crippen LogP contribution in [0.15, 0.2) is 79.0 Å². The molecule has 3 nitrogen and oxygen atoms in total. The first-order valence-corrected chi connectivity index (χ1v) is 8.49. The molecule has 26 heavy (non-hydrogen) atoms. The average Bonchev–Trinajstić information content (AvgIpc) is 3.10. The van der Waals surface area contributed by atoms with E-state index >= 15 is 0 Å². The first-order valence-electron chi connectivity index (χ1n) is 8.49. The van der Waals surface area contributed by atoms with Crippen molar-refractivity contribution >= 4 is 10.9 Å². The van der Waals surface area contributed by atoms with E-state index in [1.807, 2.05) is 36.4 Å². The third-order valence-corrected chi connectivity index (χ3v) is 4.63. The summed E-state index contributed by atoms with van der Waals surface area (Å²) in [6.07, 6.45) is 2.12. The predicted molar refractivity (Wildman–Crippen MR) is 104 cm³/mol. The summed E-state index contributed by atoms with van der Waals surface area (Å²) >= 11 is 0. The summed E-state index contributed by atoms with van der Waals surface area (Å²) in [6.45, 7) is 0.823. The summed E-state index contributed by atoms with van der Waals surface area (Å²) in [6, 6.07) is 26.7. The maximum atomic E-state index is 8.93. The molecule has 0 aliphatic rings. The van der Waals surface area contributed by atoms with Gasteiger partial charge < -0.3 is 9.30 Å². The number of methoxy groups -OCH3 is 1. The van der Waals surface area contributed by atoms with Crippen LogP contribution in [0.2, 0.25) is 0 Å². The number of hydrogen-bond donors (Lipinski definition) is 0. The number of fused-ring (bicyclic) bond motifs is 1. The van der Waals surface area contributed by atoms with Crippen LogP contribution >= 0.6 is 0 Å². The molecule has 4 rings (SSSR count). The van der Waals surface area contributed by atoms with E-state index in [1.165, 1.54) is 16.5 Å². The largest absolute Gasteiger partial charge is 0.497 e. The van der Waals surface area contributed by atoms with Gasteiger partial charge in [0.2, 0.25) is 0 Å². The van der Waals surface area contributed by atoms with E-state index in [0.29, 0.717) is 5.56 Å². The summed E-state index contributed by atoms with van der Waals surface area (Å²) in [5.74, 6) is 0.873. The number of benzene rings is 3. The number of aromatic nitrogens is 1. The smallest absolute Gasteiger partial charge is 0.118 e. The Balaban J connectivity index is 1.63. The highest BCUT2D eigenvalue weighted by Gasteiger charge is 2.05. The maximum absolute atomic E-state index is 8.93. The van der Waals surface area contributed by atoms with Crippen LogP contribution < -0.4 is 4.74 Å². The molecule has 0 atom stereocenters. The fourth-order valence-electron chi connectivity index (χ4n) is 3.18. The van der Waals surface area contributed by atoms with Gasteiger partial charge in [0, 0.05) is 23.6 Å². The molecule has 3 aromatic carbocycles. The Bertz CT molecular complexity index is 1080. The van der Waals surface area contributed by atoms with Crippen molar-refractivity contribution in [3.8, 4) is 22.9 Å². The molecule has 1 heterocycles. The highest BCUT2D eigenvalue weighted by molar-refractivity contribution is 5.85. The van der Waals surface area contributed by atoms with Crippen LogP contribution in [0, 0.1) is 11.3 Å². The first kappa shape index (κ1) is 16.0. The molecule has 0 radical (unpaired) electrons. The van der Waals surface area contributed by atoms with Crippen molar-refractivity contribution in [2.24, 2.45) is 0 Å².